The number of hydrogen-bond donors (Lipinski definition) is 1. The summed E-state index contributed by atoms with van der Waals surface area (Å²) in [5.41, 5.74) is 1.69. The third kappa shape index (κ3) is 4.11. The van der Waals surface area contributed by atoms with Crippen LogP contribution in [-0.2, 0) is 4.74 Å². The number of hydrogen-bond acceptors (Lipinski definition) is 2. The van der Waals surface area contributed by atoms with Crippen LogP contribution in [0.5, 0.6) is 0 Å². The van der Waals surface area contributed by atoms with Crippen LogP contribution in [0.15, 0.2) is 11.6 Å². The van der Waals surface area contributed by atoms with Crippen molar-refractivity contribution in [2.75, 3.05) is 19.8 Å². The van der Waals surface area contributed by atoms with E-state index in [0.29, 0.717) is 6.04 Å². The molecule has 1 saturated heterocycles. The molecule has 1 fully saturated rings. The first-order chi connectivity index (χ1) is 8.40. The first kappa shape index (κ1) is 13.1. The molecule has 2 atom stereocenters. The van der Waals surface area contributed by atoms with Gasteiger partial charge >= 0.3 is 0 Å². The van der Waals surface area contributed by atoms with E-state index < -0.39 is 0 Å². The van der Waals surface area contributed by atoms with Crippen LogP contribution in [0.3, 0.4) is 0 Å². The van der Waals surface area contributed by atoms with E-state index in [4.69, 9.17) is 4.74 Å². The smallest absolute Gasteiger partial charge is 0.0509 e. The quantitative estimate of drug-likeness (QED) is 0.741. The van der Waals surface area contributed by atoms with Gasteiger partial charge in [-0.3, -0.25) is 0 Å². The molecule has 1 aliphatic heterocycles. The zero-order chi connectivity index (χ0) is 11.9. The lowest BCUT2D eigenvalue weighted by Gasteiger charge is -2.32. The van der Waals surface area contributed by atoms with Crippen molar-refractivity contribution < 1.29 is 4.74 Å². The van der Waals surface area contributed by atoms with Gasteiger partial charge in [0.15, 0.2) is 0 Å². The van der Waals surface area contributed by atoms with Gasteiger partial charge in [0.25, 0.3) is 0 Å². The molecular weight excluding hydrogens is 210 g/mol. The summed E-state index contributed by atoms with van der Waals surface area (Å²) in [5.74, 6) is 0.728. The van der Waals surface area contributed by atoms with Gasteiger partial charge in [0.2, 0.25) is 0 Å². The molecule has 2 unspecified atom stereocenters. The molecule has 1 heterocycles. The minimum absolute atomic E-state index is 0.643. The van der Waals surface area contributed by atoms with Gasteiger partial charge < -0.3 is 10.1 Å². The van der Waals surface area contributed by atoms with Gasteiger partial charge in [-0.15, -0.1) is 0 Å². The molecule has 2 nitrogen and oxygen atoms in total. The summed E-state index contributed by atoms with van der Waals surface area (Å²) in [6, 6.07) is 0.643. The maximum atomic E-state index is 5.64. The van der Waals surface area contributed by atoms with Gasteiger partial charge in [-0.1, -0.05) is 18.6 Å². The molecule has 0 aromatic carbocycles. The van der Waals surface area contributed by atoms with Crippen molar-refractivity contribution in [1.29, 1.82) is 0 Å². The fraction of sp³-hybridized carbons (Fsp3) is 0.867. The SMILES string of the molecule is CCNC(CC1=CCCCC1)C1CCCOC1. The normalized spacial score (nSPS) is 27.6. The van der Waals surface area contributed by atoms with E-state index in [2.05, 4.69) is 18.3 Å². The predicted molar refractivity (Wildman–Crippen MR) is 72.2 cm³/mol. The Morgan fingerprint density at radius 1 is 1.41 bits per heavy atom. The van der Waals surface area contributed by atoms with Crippen LogP contribution < -0.4 is 5.32 Å². The molecule has 2 rings (SSSR count). The molecule has 0 saturated carbocycles. The molecule has 0 bridgehead atoms. The molecule has 98 valence electrons. The summed E-state index contributed by atoms with van der Waals surface area (Å²) in [5, 5.41) is 3.68. The van der Waals surface area contributed by atoms with Crippen molar-refractivity contribution in [3.05, 3.63) is 11.6 Å². The average Bonchev–Trinajstić information content (AvgIpc) is 2.40. The van der Waals surface area contributed by atoms with Crippen molar-refractivity contribution >= 4 is 0 Å². The topological polar surface area (TPSA) is 21.3 Å². The van der Waals surface area contributed by atoms with Crippen molar-refractivity contribution in [3.63, 3.8) is 0 Å². The minimum atomic E-state index is 0.643. The van der Waals surface area contributed by atoms with E-state index >= 15 is 0 Å². The highest BCUT2D eigenvalue weighted by molar-refractivity contribution is 5.07. The second kappa shape index (κ2) is 7.17. The Labute approximate surface area is 106 Å². The molecular formula is C15H27NO. The van der Waals surface area contributed by atoms with Gasteiger partial charge in [-0.25, -0.2) is 0 Å². The lowest BCUT2D eigenvalue weighted by Crippen LogP contribution is -2.40. The van der Waals surface area contributed by atoms with Gasteiger partial charge in [0.05, 0.1) is 6.61 Å². The van der Waals surface area contributed by atoms with Crippen molar-refractivity contribution in [1.82, 2.24) is 5.32 Å². The van der Waals surface area contributed by atoms with E-state index in [1.807, 2.05) is 0 Å². The summed E-state index contributed by atoms with van der Waals surface area (Å²) in [6.45, 7) is 5.23. The second-order valence-corrected chi connectivity index (χ2v) is 5.45. The Hall–Kier alpha value is -0.340. The van der Waals surface area contributed by atoms with Crippen LogP contribution >= 0.6 is 0 Å². The van der Waals surface area contributed by atoms with Gasteiger partial charge in [-0.05, 0) is 57.4 Å². The van der Waals surface area contributed by atoms with Gasteiger partial charge in [-0.2, -0.15) is 0 Å². The average molecular weight is 237 g/mol. The number of nitrogens with one attached hydrogen (secondary N) is 1. The Balaban J connectivity index is 1.88. The molecule has 2 heteroatoms. The predicted octanol–water partition coefficient (Wildman–Crippen LogP) is 3.28. The Bertz CT molecular complexity index is 243. The van der Waals surface area contributed by atoms with E-state index in [-0.39, 0.29) is 0 Å². The standard InChI is InChI=1S/C15H27NO/c1-2-16-15(14-9-6-10-17-12-14)11-13-7-4-3-5-8-13/h7,14-16H,2-6,8-12H2,1H3. The molecule has 0 aromatic rings. The van der Waals surface area contributed by atoms with Crippen LogP contribution in [0.2, 0.25) is 0 Å². The lowest BCUT2D eigenvalue weighted by molar-refractivity contribution is 0.0394. The molecule has 0 spiro atoms. The molecule has 2 aliphatic rings. The van der Waals surface area contributed by atoms with Gasteiger partial charge in [0.1, 0.15) is 0 Å². The highest BCUT2D eigenvalue weighted by atomic mass is 16.5. The Kier molecular flexibility index (Phi) is 5.53. The molecule has 1 aliphatic carbocycles. The van der Waals surface area contributed by atoms with E-state index in [1.54, 1.807) is 5.57 Å². The van der Waals surface area contributed by atoms with Crippen LogP contribution in [0.1, 0.15) is 51.9 Å². The highest BCUT2D eigenvalue weighted by Crippen LogP contribution is 2.26. The van der Waals surface area contributed by atoms with E-state index in [1.165, 1.54) is 44.9 Å². The number of rotatable bonds is 5. The maximum absolute atomic E-state index is 5.64. The Morgan fingerprint density at radius 2 is 2.35 bits per heavy atom. The minimum Gasteiger partial charge on any atom is -0.381 e. The summed E-state index contributed by atoms with van der Waals surface area (Å²) < 4.78 is 5.64. The van der Waals surface area contributed by atoms with Crippen LogP contribution in [0.25, 0.3) is 0 Å². The number of allylic oxidation sites excluding steroid dienone is 1. The highest BCUT2D eigenvalue weighted by Gasteiger charge is 2.24. The summed E-state index contributed by atoms with van der Waals surface area (Å²) in [6.07, 6.45) is 11.7. The van der Waals surface area contributed by atoms with Crippen molar-refractivity contribution in [2.24, 2.45) is 5.92 Å². The monoisotopic (exact) mass is 237 g/mol. The molecule has 0 amide bonds. The third-order valence-electron chi connectivity index (χ3n) is 4.10. The van der Waals surface area contributed by atoms with E-state index in [0.717, 1.165) is 25.7 Å². The first-order valence-corrected chi connectivity index (χ1v) is 7.39. The van der Waals surface area contributed by atoms with Crippen LogP contribution in [0, 0.1) is 5.92 Å². The fourth-order valence-electron chi connectivity index (χ4n) is 3.12. The second-order valence-electron chi connectivity index (χ2n) is 5.45. The van der Waals surface area contributed by atoms with Crippen molar-refractivity contribution in [3.8, 4) is 0 Å². The largest absolute Gasteiger partial charge is 0.381 e. The zero-order valence-electron chi connectivity index (χ0n) is 11.2. The zero-order valence-corrected chi connectivity index (χ0v) is 11.2. The fourth-order valence-corrected chi connectivity index (χ4v) is 3.12. The molecule has 1 N–H and O–H groups in total. The lowest BCUT2D eigenvalue weighted by atomic mass is 9.86. The maximum Gasteiger partial charge on any atom is 0.0509 e. The molecule has 0 radical (unpaired) electrons. The summed E-state index contributed by atoms with van der Waals surface area (Å²) in [4.78, 5) is 0. The Morgan fingerprint density at radius 3 is 3.00 bits per heavy atom. The van der Waals surface area contributed by atoms with E-state index in [9.17, 15) is 0 Å². The first-order valence-electron chi connectivity index (χ1n) is 7.39. The van der Waals surface area contributed by atoms with Crippen LogP contribution in [-0.4, -0.2) is 25.8 Å². The number of ether oxygens (including phenoxy) is 1. The van der Waals surface area contributed by atoms with Gasteiger partial charge in [0, 0.05) is 12.6 Å². The summed E-state index contributed by atoms with van der Waals surface area (Å²) in [7, 11) is 0. The van der Waals surface area contributed by atoms with Crippen molar-refractivity contribution in [2.45, 2.75) is 57.9 Å². The third-order valence-corrected chi connectivity index (χ3v) is 4.10. The van der Waals surface area contributed by atoms with Crippen LogP contribution in [0.4, 0.5) is 0 Å². The summed E-state index contributed by atoms with van der Waals surface area (Å²) >= 11 is 0. The molecule has 0 aromatic heterocycles. The molecule has 17 heavy (non-hydrogen) atoms.